The van der Waals surface area contributed by atoms with Crippen LogP contribution >= 0.6 is 0 Å². The average molecular weight is 311 g/mol. The van der Waals surface area contributed by atoms with E-state index in [9.17, 15) is 4.79 Å². The molecule has 0 radical (unpaired) electrons. The summed E-state index contributed by atoms with van der Waals surface area (Å²) in [6.45, 7) is 8.24. The number of unbranched alkanes of at least 4 members (excludes halogenated alkanes) is 11. The van der Waals surface area contributed by atoms with Gasteiger partial charge in [0.1, 0.15) is 0 Å². The first-order chi connectivity index (χ1) is 10.8. The summed E-state index contributed by atoms with van der Waals surface area (Å²) in [6, 6.07) is -0.600. The molecular weight excluding hydrogens is 274 g/mol. The van der Waals surface area contributed by atoms with Crippen molar-refractivity contribution >= 4 is 5.91 Å². The third-order valence-corrected chi connectivity index (χ3v) is 4.04. The second kappa shape index (κ2) is 16.3. The minimum atomic E-state index is -0.600. The number of nitrogens with two attached hydrogens (primary N) is 1. The number of hydrogen-bond donors (Lipinski definition) is 2. The molecule has 0 spiro atoms. The molecule has 0 bridgehead atoms. The molecule has 0 saturated heterocycles. The summed E-state index contributed by atoms with van der Waals surface area (Å²) in [6.07, 6.45) is 15.8. The molecule has 0 fully saturated rings. The molecule has 0 saturated carbocycles. The molecule has 0 rings (SSSR count). The van der Waals surface area contributed by atoms with Crippen molar-refractivity contribution in [3.05, 3.63) is 4.85 Å². The number of carbonyl (C=O) groups is 1. The Bertz CT molecular complexity index is 299. The van der Waals surface area contributed by atoms with Crippen molar-refractivity contribution in [2.45, 2.75) is 90.0 Å². The van der Waals surface area contributed by atoms with Crippen LogP contribution in [0.1, 0.15) is 84.0 Å². The molecule has 128 valence electrons. The quantitative estimate of drug-likeness (QED) is 0.447. The van der Waals surface area contributed by atoms with Crippen molar-refractivity contribution in [3.8, 4) is 6.57 Å². The Hall–Kier alpha value is -1.08. The van der Waals surface area contributed by atoms with E-state index in [1.165, 1.54) is 70.6 Å². The van der Waals surface area contributed by atoms with Crippen LogP contribution in [-0.4, -0.2) is 25.0 Å². The van der Waals surface area contributed by atoms with Crippen molar-refractivity contribution in [1.29, 1.82) is 0 Å². The van der Waals surface area contributed by atoms with Gasteiger partial charge in [-0.25, -0.2) is 0 Å². The molecule has 22 heavy (non-hydrogen) atoms. The first-order valence-corrected chi connectivity index (χ1v) is 9.14. The van der Waals surface area contributed by atoms with Gasteiger partial charge < -0.3 is 11.1 Å². The van der Waals surface area contributed by atoms with Crippen LogP contribution in [-0.2, 0) is 4.79 Å². The van der Waals surface area contributed by atoms with Crippen LogP contribution < -0.4 is 11.1 Å². The molecule has 3 N–H and O–H groups in total. The van der Waals surface area contributed by atoms with Crippen LogP contribution in [0.4, 0.5) is 0 Å². The second-order valence-corrected chi connectivity index (χ2v) is 6.08. The van der Waals surface area contributed by atoms with E-state index in [0.717, 1.165) is 6.42 Å². The number of amides is 1. The lowest BCUT2D eigenvalue weighted by molar-refractivity contribution is -0.121. The lowest BCUT2D eigenvalue weighted by atomic mass is 10.1. The number of rotatable bonds is 15. The van der Waals surface area contributed by atoms with E-state index >= 15 is 0 Å². The van der Waals surface area contributed by atoms with Crippen LogP contribution in [0.5, 0.6) is 0 Å². The normalized spacial score (nSPS) is 11.9. The van der Waals surface area contributed by atoms with Gasteiger partial charge in [-0.3, -0.25) is 4.79 Å². The van der Waals surface area contributed by atoms with Crippen LogP contribution in [0.2, 0.25) is 0 Å². The van der Waals surface area contributed by atoms with Gasteiger partial charge in [-0.05, 0) is 6.42 Å². The Morgan fingerprint density at radius 2 is 1.41 bits per heavy atom. The maximum atomic E-state index is 11.5. The number of hydrogen-bond acceptors (Lipinski definition) is 2. The third kappa shape index (κ3) is 12.6. The number of nitrogens with zero attached hydrogens (tertiary/aromatic N) is 1. The summed E-state index contributed by atoms with van der Waals surface area (Å²) in [5, 5.41) is 2.83. The highest BCUT2D eigenvalue weighted by atomic mass is 16.2. The highest BCUT2D eigenvalue weighted by Gasteiger charge is 2.23. The van der Waals surface area contributed by atoms with Crippen LogP contribution in [0.3, 0.4) is 0 Å². The van der Waals surface area contributed by atoms with E-state index in [1.54, 1.807) is 0 Å². The van der Waals surface area contributed by atoms with E-state index in [2.05, 4.69) is 17.1 Å². The molecular formula is C18H36N3O+. The van der Waals surface area contributed by atoms with Gasteiger partial charge in [0.25, 0.3) is 6.57 Å². The average Bonchev–Trinajstić information content (AvgIpc) is 2.53. The van der Waals surface area contributed by atoms with Gasteiger partial charge in [0.15, 0.2) is 0 Å². The highest BCUT2D eigenvalue weighted by Crippen LogP contribution is 2.11. The third-order valence-electron chi connectivity index (χ3n) is 4.04. The van der Waals surface area contributed by atoms with Gasteiger partial charge in [0.2, 0.25) is 0 Å². The fraction of sp³-hybridized carbons (Fsp3) is 0.889. The summed E-state index contributed by atoms with van der Waals surface area (Å²) in [5.74, 6) is -0.159. The van der Waals surface area contributed by atoms with Crippen LogP contribution in [0, 0.1) is 6.57 Å². The van der Waals surface area contributed by atoms with Gasteiger partial charge in [-0.1, -0.05) is 82.4 Å². The van der Waals surface area contributed by atoms with Gasteiger partial charge in [-0.15, -0.1) is 0 Å². The Morgan fingerprint density at radius 3 is 1.82 bits per heavy atom. The Morgan fingerprint density at radius 1 is 0.955 bits per heavy atom. The lowest BCUT2D eigenvalue weighted by Crippen LogP contribution is -2.37. The summed E-state index contributed by atoms with van der Waals surface area (Å²) in [7, 11) is 0. The van der Waals surface area contributed by atoms with Crippen molar-refractivity contribution in [1.82, 2.24) is 5.32 Å². The van der Waals surface area contributed by atoms with Crippen molar-refractivity contribution in [2.75, 3.05) is 13.1 Å². The van der Waals surface area contributed by atoms with E-state index in [0.29, 0.717) is 6.54 Å². The standard InChI is InChI=1S/C18H35N3O/c1-3-4-5-6-7-8-9-10-11-12-13-14-15-21-18(22)17(16-19)20-2/h2,17H,3-16,19H2,1H3/p+1/t17-/m0/s1. The van der Waals surface area contributed by atoms with Crippen LogP contribution in [0.15, 0.2) is 0 Å². The van der Waals surface area contributed by atoms with E-state index < -0.39 is 6.04 Å². The summed E-state index contributed by atoms with van der Waals surface area (Å²) in [4.78, 5) is 15.0. The molecule has 0 aromatic rings. The fourth-order valence-corrected chi connectivity index (χ4v) is 2.53. The number of carbonyl (C=O) groups excluding carboxylic acids is 1. The molecule has 0 heterocycles. The number of nitrogens with one attached hydrogen (secondary N) is 1. The molecule has 4 nitrogen and oxygen atoms in total. The first kappa shape index (κ1) is 20.9. The molecule has 4 heteroatoms. The minimum Gasteiger partial charge on any atom is -0.349 e. The van der Waals surface area contributed by atoms with Gasteiger partial charge >= 0.3 is 11.9 Å². The Labute approximate surface area is 137 Å². The van der Waals surface area contributed by atoms with Gasteiger partial charge in [0, 0.05) is 6.54 Å². The summed E-state index contributed by atoms with van der Waals surface area (Å²) < 4.78 is 0. The molecule has 0 aliphatic carbocycles. The SMILES string of the molecule is C#[N+][C@@H](CN)C(=O)NCCCCCCCCCCCCCC. The molecule has 0 unspecified atom stereocenters. The highest BCUT2D eigenvalue weighted by molar-refractivity contribution is 5.83. The molecule has 1 amide bonds. The largest absolute Gasteiger partial charge is 0.360 e. The van der Waals surface area contributed by atoms with Gasteiger partial charge in [0.05, 0.1) is 6.54 Å². The Balaban J connectivity index is 3.21. The molecule has 1 atom stereocenters. The van der Waals surface area contributed by atoms with Crippen LogP contribution in [0.25, 0.3) is 4.85 Å². The zero-order chi connectivity index (χ0) is 16.5. The monoisotopic (exact) mass is 310 g/mol. The van der Waals surface area contributed by atoms with Crippen molar-refractivity contribution < 1.29 is 4.79 Å². The lowest BCUT2D eigenvalue weighted by Gasteiger charge is -2.04. The fourth-order valence-electron chi connectivity index (χ4n) is 2.53. The van der Waals surface area contributed by atoms with E-state index in [-0.39, 0.29) is 12.5 Å². The molecule has 0 aliphatic rings. The topological polar surface area (TPSA) is 59.5 Å². The second-order valence-electron chi connectivity index (χ2n) is 6.08. The summed E-state index contributed by atoms with van der Waals surface area (Å²) in [5.41, 5.74) is 5.39. The maximum absolute atomic E-state index is 11.5. The minimum absolute atomic E-state index is 0.159. The van der Waals surface area contributed by atoms with Crippen molar-refractivity contribution in [3.63, 3.8) is 0 Å². The van der Waals surface area contributed by atoms with Crippen molar-refractivity contribution in [2.24, 2.45) is 5.73 Å². The van der Waals surface area contributed by atoms with E-state index in [4.69, 9.17) is 12.3 Å². The zero-order valence-electron chi connectivity index (χ0n) is 14.5. The van der Waals surface area contributed by atoms with Gasteiger partial charge in [-0.2, -0.15) is 0 Å². The zero-order valence-corrected chi connectivity index (χ0v) is 14.5. The smallest absolute Gasteiger partial charge is 0.349 e. The maximum Gasteiger partial charge on any atom is 0.360 e. The first-order valence-electron chi connectivity index (χ1n) is 9.14. The molecule has 0 aromatic heterocycles. The summed E-state index contributed by atoms with van der Waals surface area (Å²) >= 11 is 0. The molecule has 0 aliphatic heterocycles. The van der Waals surface area contributed by atoms with E-state index in [1.807, 2.05) is 0 Å². The predicted molar refractivity (Wildman–Crippen MR) is 95.2 cm³/mol. The predicted octanol–water partition coefficient (Wildman–Crippen LogP) is 4.09. The Kier molecular flexibility index (Phi) is 15.5. The molecule has 0 aromatic carbocycles.